The number of aliphatic hydroxyl groups is 1. The number of hydrogen-bond donors (Lipinski definition) is 1. The standard InChI is InChI=1S/C16H15Cl3O/c17-14-6-5-13(16(19)9-14)8-11(10-20)7-12-3-1-2-4-15(12)18/h1-6,9,11,20H,7-8,10H2. The minimum atomic E-state index is 0.0774. The first-order valence-corrected chi connectivity index (χ1v) is 7.51. The number of rotatable bonds is 5. The molecule has 1 unspecified atom stereocenters. The molecule has 106 valence electrons. The third-order valence-electron chi connectivity index (χ3n) is 3.25. The Morgan fingerprint density at radius 3 is 2.10 bits per heavy atom. The largest absolute Gasteiger partial charge is 0.396 e. The molecule has 0 aromatic heterocycles. The zero-order valence-corrected chi connectivity index (χ0v) is 13.1. The van der Waals surface area contributed by atoms with E-state index in [9.17, 15) is 5.11 Å². The van der Waals surface area contributed by atoms with Crippen molar-refractivity contribution in [3.63, 3.8) is 0 Å². The second kappa shape index (κ2) is 7.33. The van der Waals surface area contributed by atoms with Crippen molar-refractivity contribution in [2.24, 2.45) is 5.92 Å². The molecular weight excluding hydrogens is 315 g/mol. The average Bonchev–Trinajstić information content (AvgIpc) is 2.43. The van der Waals surface area contributed by atoms with Gasteiger partial charge in [0.05, 0.1) is 0 Å². The van der Waals surface area contributed by atoms with Gasteiger partial charge in [0.1, 0.15) is 0 Å². The highest BCUT2D eigenvalue weighted by Gasteiger charge is 2.13. The fourth-order valence-electron chi connectivity index (χ4n) is 2.17. The highest BCUT2D eigenvalue weighted by Crippen LogP contribution is 2.26. The molecule has 0 saturated carbocycles. The van der Waals surface area contributed by atoms with Gasteiger partial charge in [0.25, 0.3) is 0 Å². The van der Waals surface area contributed by atoms with Crippen molar-refractivity contribution in [2.75, 3.05) is 6.61 Å². The molecule has 4 heteroatoms. The van der Waals surface area contributed by atoms with Crippen LogP contribution in [0, 0.1) is 5.92 Å². The predicted octanol–water partition coefficient (Wildman–Crippen LogP) is 5.04. The summed E-state index contributed by atoms with van der Waals surface area (Å²) in [5.41, 5.74) is 2.03. The van der Waals surface area contributed by atoms with Crippen LogP contribution in [0.3, 0.4) is 0 Å². The van der Waals surface area contributed by atoms with E-state index in [0.717, 1.165) is 22.6 Å². The molecule has 0 fully saturated rings. The summed E-state index contributed by atoms with van der Waals surface area (Å²) in [6.45, 7) is 0.0875. The summed E-state index contributed by atoms with van der Waals surface area (Å²) in [6, 6.07) is 13.1. The molecule has 0 aliphatic heterocycles. The Kier molecular flexibility index (Phi) is 5.74. The zero-order chi connectivity index (χ0) is 14.5. The maximum Gasteiger partial charge on any atom is 0.0465 e. The van der Waals surface area contributed by atoms with Gasteiger partial charge in [-0.2, -0.15) is 0 Å². The smallest absolute Gasteiger partial charge is 0.0465 e. The van der Waals surface area contributed by atoms with Crippen molar-refractivity contribution in [2.45, 2.75) is 12.8 Å². The maximum absolute atomic E-state index is 9.57. The SMILES string of the molecule is OCC(Cc1ccccc1Cl)Cc1ccc(Cl)cc1Cl. The third-order valence-corrected chi connectivity index (χ3v) is 4.20. The van der Waals surface area contributed by atoms with Crippen molar-refractivity contribution in [3.8, 4) is 0 Å². The van der Waals surface area contributed by atoms with Gasteiger partial charge in [0, 0.05) is 21.7 Å². The Hall–Kier alpha value is -0.730. The van der Waals surface area contributed by atoms with Crippen molar-refractivity contribution in [1.82, 2.24) is 0 Å². The molecule has 0 aliphatic rings. The van der Waals surface area contributed by atoms with Crippen LogP contribution in [0.2, 0.25) is 15.1 Å². The van der Waals surface area contributed by atoms with E-state index < -0.39 is 0 Å². The van der Waals surface area contributed by atoms with Crippen molar-refractivity contribution < 1.29 is 5.11 Å². The molecule has 2 aromatic carbocycles. The summed E-state index contributed by atoms with van der Waals surface area (Å²) < 4.78 is 0. The van der Waals surface area contributed by atoms with Crippen LogP contribution in [0.25, 0.3) is 0 Å². The molecule has 2 rings (SSSR count). The van der Waals surface area contributed by atoms with Crippen LogP contribution in [0.15, 0.2) is 42.5 Å². The fraction of sp³-hybridized carbons (Fsp3) is 0.250. The van der Waals surface area contributed by atoms with E-state index in [0.29, 0.717) is 16.5 Å². The van der Waals surface area contributed by atoms with E-state index in [4.69, 9.17) is 34.8 Å². The second-order valence-corrected chi connectivity index (χ2v) is 6.03. The Morgan fingerprint density at radius 2 is 1.50 bits per heavy atom. The van der Waals surface area contributed by atoms with Gasteiger partial charge in [-0.25, -0.2) is 0 Å². The molecular formula is C16H15Cl3O. The summed E-state index contributed by atoms with van der Waals surface area (Å²) in [6.07, 6.45) is 1.41. The van der Waals surface area contributed by atoms with E-state index in [-0.39, 0.29) is 12.5 Å². The average molecular weight is 330 g/mol. The van der Waals surface area contributed by atoms with Crippen LogP contribution < -0.4 is 0 Å². The van der Waals surface area contributed by atoms with Gasteiger partial charge in [-0.3, -0.25) is 0 Å². The lowest BCUT2D eigenvalue weighted by atomic mass is 9.93. The van der Waals surface area contributed by atoms with Gasteiger partial charge in [-0.1, -0.05) is 59.1 Å². The molecule has 0 heterocycles. The Morgan fingerprint density at radius 1 is 0.850 bits per heavy atom. The molecule has 0 spiro atoms. The van der Waals surface area contributed by atoms with E-state index in [1.807, 2.05) is 36.4 Å². The molecule has 0 aliphatic carbocycles. The monoisotopic (exact) mass is 328 g/mol. The quantitative estimate of drug-likeness (QED) is 0.814. The van der Waals surface area contributed by atoms with Crippen LogP contribution in [-0.4, -0.2) is 11.7 Å². The van der Waals surface area contributed by atoms with Crippen LogP contribution in [0.1, 0.15) is 11.1 Å². The predicted molar refractivity (Wildman–Crippen MR) is 85.9 cm³/mol. The molecule has 0 bridgehead atoms. The van der Waals surface area contributed by atoms with Gasteiger partial charge in [0.15, 0.2) is 0 Å². The summed E-state index contributed by atoms with van der Waals surface area (Å²) in [7, 11) is 0. The Labute approximate surface area is 134 Å². The number of hydrogen-bond acceptors (Lipinski definition) is 1. The van der Waals surface area contributed by atoms with E-state index >= 15 is 0 Å². The number of halogens is 3. The molecule has 2 aromatic rings. The van der Waals surface area contributed by atoms with Crippen molar-refractivity contribution >= 4 is 34.8 Å². The normalized spacial score (nSPS) is 12.4. The summed E-state index contributed by atoms with van der Waals surface area (Å²) >= 11 is 18.2. The minimum absolute atomic E-state index is 0.0774. The maximum atomic E-state index is 9.57. The third kappa shape index (κ3) is 4.13. The van der Waals surface area contributed by atoms with Crippen LogP contribution >= 0.6 is 34.8 Å². The van der Waals surface area contributed by atoms with Crippen molar-refractivity contribution in [3.05, 3.63) is 68.7 Å². The van der Waals surface area contributed by atoms with Gasteiger partial charge in [-0.05, 0) is 48.1 Å². The topological polar surface area (TPSA) is 20.2 Å². The molecule has 1 N–H and O–H groups in total. The Bertz CT molecular complexity index is 584. The molecule has 1 atom stereocenters. The summed E-state index contributed by atoms with van der Waals surface area (Å²) in [5, 5.41) is 11.6. The Balaban J connectivity index is 2.11. The van der Waals surface area contributed by atoms with Crippen LogP contribution in [0.4, 0.5) is 0 Å². The molecule has 0 radical (unpaired) electrons. The van der Waals surface area contributed by atoms with Crippen LogP contribution in [-0.2, 0) is 12.8 Å². The number of aliphatic hydroxyl groups excluding tert-OH is 1. The molecule has 1 nitrogen and oxygen atoms in total. The first-order valence-electron chi connectivity index (χ1n) is 6.38. The van der Waals surface area contributed by atoms with Gasteiger partial charge in [0.2, 0.25) is 0 Å². The fourth-order valence-corrected chi connectivity index (χ4v) is 2.87. The van der Waals surface area contributed by atoms with Gasteiger partial charge < -0.3 is 5.11 Å². The lowest BCUT2D eigenvalue weighted by Gasteiger charge is -2.16. The van der Waals surface area contributed by atoms with Gasteiger partial charge in [-0.15, -0.1) is 0 Å². The highest BCUT2D eigenvalue weighted by molar-refractivity contribution is 6.35. The zero-order valence-electron chi connectivity index (χ0n) is 10.8. The molecule has 20 heavy (non-hydrogen) atoms. The summed E-state index contributed by atoms with van der Waals surface area (Å²) in [5.74, 6) is 0.0774. The minimum Gasteiger partial charge on any atom is -0.396 e. The lowest BCUT2D eigenvalue weighted by Crippen LogP contribution is -2.13. The van der Waals surface area contributed by atoms with E-state index in [1.165, 1.54) is 0 Å². The molecule has 0 saturated heterocycles. The highest BCUT2D eigenvalue weighted by atomic mass is 35.5. The van der Waals surface area contributed by atoms with E-state index in [1.54, 1.807) is 6.07 Å². The van der Waals surface area contributed by atoms with Gasteiger partial charge >= 0.3 is 0 Å². The van der Waals surface area contributed by atoms with Crippen molar-refractivity contribution in [1.29, 1.82) is 0 Å². The molecule has 0 amide bonds. The first kappa shape index (κ1) is 15.7. The van der Waals surface area contributed by atoms with E-state index in [2.05, 4.69) is 0 Å². The number of benzene rings is 2. The lowest BCUT2D eigenvalue weighted by molar-refractivity contribution is 0.225. The second-order valence-electron chi connectivity index (χ2n) is 4.78. The van der Waals surface area contributed by atoms with Crippen LogP contribution in [0.5, 0.6) is 0 Å². The summed E-state index contributed by atoms with van der Waals surface area (Å²) in [4.78, 5) is 0. The first-order chi connectivity index (χ1) is 9.60.